The molecule has 122 valence electrons. The summed E-state index contributed by atoms with van der Waals surface area (Å²) in [5.74, 6) is 0.220. The molecule has 0 unspecified atom stereocenters. The second kappa shape index (κ2) is 13.9. The van der Waals surface area contributed by atoms with Gasteiger partial charge in [-0.25, -0.2) is 0 Å². The summed E-state index contributed by atoms with van der Waals surface area (Å²) in [6.45, 7) is 6.66. The smallest absolute Gasteiger partial charge is 0.220 e. The lowest BCUT2D eigenvalue weighted by Crippen LogP contribution is -2.44. The minimum absolute atomic E-state index is 0. The van der Waals surface area contributed by atoms with Crippen molar-refractivity contribution in [3.8, 4) is 0 Å². The monoisotopic (exact) mass is 327 g/mol. The molecule has 1 aliphatic rings. The summed E-state index contributed by atoms with van der Waals surface area (Å²) in [4.78, 5) is 14.2. The predicted octanol–water partition coefficient (Wildman–Crippen LogP) is 2.21. The third kappa shape index (κ3) is 9.81. The van der Waals surface area contributed by atoms with Crippen LogP contribution < -0.4 is 10.6 Å². The van der Waals surface area contributed by atoms with Crippen LogP contribution in [0.3, 0.4) is 0 Å². The molecule has 0 aliphatic carbocycles. The van der Waals surface area contributed by atoms with Crippen LogP contribution >= 0.6 is 24.8 Å². The van der Waals surface area contributed by atoms with Crippen LogP contribution in [-0.2, 0) is 4.79 Å². The van der Waals surface area contributed by atoms with Gasteiger partial charge in [0.05, 0.1) is 0 Å². The first-order valence-electron chi connectivity index (χ1n) is 7.42. The van der Waals surface area contributed by atoms with Gasteiger partial charge in [-0.15, -0.1) is 24.8 Å². The third-order valence-electron chi connectivity index (χ3n) is 3.61. The normalized spacial score (nSPS) is 16.1. The van der Waals surface area contributed by atoms with Gasteiger partial charge in [0.2, 0.25) is 5.91 Å². The summed E-state index contributed by atoms with van der Waals surface area (Å²) in [6, 6.07) is 0.407. The summed E-state index contributed by atoms with van der Waals surface area (Å²) in [7, 11) is 1.92. The average molecular weight is 328 g/mol. The van der Waals surface area contributed by atoms with Crippen LogP contribution in [0.2, 0.25) is 0 Å². The highest BCUT2D eigenvalue weighted by molar-refractivity contribution is 5.85. The number of carbonyl (C=O) groups is 1. The molecule has 0 bridgehead atoms. The van der Waals surface area contributed by atoms with Gasteiger partial charge in [-0.05, 0) is 45.8 Å². The maximum atomic E-state index is 11.7. The van der Waals surface area contributed by atoms with Crippen molar-refractivity contribution in [1.29, 1.82) is 0 Å². The van der Waals surface area contributed by atoms with E-state index in [1.807, 2.05) is 7.05 Å². The van der Waals surface area contributed by atoms with Crippen molar-refractivity contribution in [2.45, 2.75) is 51.5 Å². The van der Waals surface area contributed by atoms with Crippen LogP contribution in [0.15, 0.2) is 0 Å². The minimum Gasteiger partial charge on any atom is -0.353 e. The number of carbonyl (C=O) groups excluding carboxylic acids is 1. The van der Waals surface area contributed by atoms with Crippen LogP contribution in [0.5, 0.6) is 0 Å². The quantitative estimate of drug-likeness (QED) is 0.672. The molecule has 1 fully saturated rings. The molecule has 1 heterocycles. The van der Waals surface area contributed by atoms with E-state index in [0.29, 0.717) is 12.5 Å². The van der Waals surface area contributed by atoms with Gasteiger partial charge in [0.25, 0.3) is 0 Å². The fourth-order valence-electron chi connectivity index (χ4n) is 2.41. The Labute approximate surface area is 136 Å². The van der Waals surface area contributed by atoms with Gasteiger partial charge in [-0.1, -0.05) is 13.3 Å². The summed E-state index contributed by atoms with van der Waals surface area (Å²) in [5.41, 5.74) is 0. The minimum atomic E-state index is 0. The molecule has 1 rings (SSSR count). The van der Waals surface area contributed by atoms with Crippen molar-refractivity contribution < 1.29 is 4.79 Å². The predicted molar refractivity (Wildman–Crippen MR) is 90.2 cm³/mol. The Morgan fingerprint density at radius 3 is 2.40 bits per heavy atom. The SMILES string of the molecule is CCCCN1CCC(NC(=O)CCCNC)CC1.Cl.Cl. The lowest BCUT2D eigenvalue weighted by atomic mass is 10.0. The second-order valence-electron chi connectivity index (χ2n) is 5.24. The number of amides is 1. The van der Waals surface area contributed by atoms with Crippen molar-refractivity contribution in [2.24, 2.45) is 0 Å². The third-order valence-corrected chi connectivity index (χ3v) is 3.61. The van der Waals surface area contributed by atoms with E-state index >= 15 is 0 Å². The van der Waals surface area contributed by atoms with Gasteiger partial charge in [0, 0.05) is 25.6 Å². The Morgan fingerprint density at radius 1 is 1.20 bits per heavy atom. The van der Waals surface area contributed by atoms with Gasteiger partial charge < -0.3 is 15.5 Å². The second-order valence-corrected chi connectivity index (χ2v) is 5.24. The van der Waals surface area contributed by atoms with Crippen LogP contribution in [0.4, 0.5) is 0 Å². The number of halogens is 2. The average Bonchev–Trinajstić information content (AvgIpc) is 2.38. The van der Waals surface area contributed by atoms with E-state index < -0.39 is 0 Å². The maximum absolute atomic E-state index is 11.7. The van der Waals surface area contributed by atoms with E-state index in [9.17, 15) is 4.79 Å². The van der Waals surface area contributed by atoms with Crippen LogP contribution in [0.1, 0.15) is 45.4 Å². The van der Waals surface area contributed by atoms with Crippen molar-refractivity contribution in [1.82, 2.24) is 15.5 Å². The molecule has 0 atom stereocenters. The van der Waals surface area contributed by atoms with E-state index in [-0.39, 0.29) is 30.7 Å². The fourth-order valence-corrected chi connectivity index (χ4v) is 2.41. The van der Waals surface area contributed by atoms with Crippen LogP contribution in [-0.4, -0.2) is 50.1 Å². The number of likely N-dealkylation sites (tertiary alicyclic amines) is 1. The molecule has 4 nitrogen and oxygen atoms in total. The zero-order chi connectivity index (χ0) is 13.2. The van der Waals surface area contributed by atoms with E-state index in [1.54, 1.807) is 0 Å². The summed E-state index contributed by atoms with van der Waals surface area (Å²) < 4.78 is 0. The Morgan fingerprint density at radius 2 is 1.85 bits per heavy atom. The summed E-state index contributed by atoms with van der Waals surface area (Å²) >= 11 is 0. The molecule has 20 heavy (non-hydrogen) atoms. The Bertz CT molecular complexity index is 234. The first-order valence-corrected chi connectivity index (χ1v) is 7.42. The molecular weight excluding hydrogens is 297 g/mol. The number of piperidine rings is 1. The van der Waals surface area contributed by atoms with Crippen molar-refractivity contribution >= 4 is 30.7 Å². The summed E-state index contributed by atoms with van der Waals surface area (Å²) in [5, 5.41) is 6.23. The topological polar surface area (TPSA) is 44.4 Å². The van der Waals surface area contributed by atoms with Gasteiger partial charge >= 0.3 is 0 Å². The number of nitrogens with one attached hydrogen (secondary N) is 2. The van der Waals surface area contributed by atoms with E-state index in [0.717, 1.165) is 38.9 Å². The van der Waals surface area contributed by atoms with E-state index in [4.69, 9.17) is 0 Å². The van der Waals surface area contributed by atoms with E-state index in [2.05, 4.69) is 22.5 Å². The zero-order valence-corrected chi connectivity index (χ0v) is 14.5. The highest BCUT2D eigenvalue weighted by Crippen LogP contribution is 2.11. The van der Waals surface area contributed by atoms with Crippen LogP contribution in [0.25, 0.3) is 0 Å². The lowest BCUT2D eigenvalue weighted by Gasteiger charge is -2.32. The fraction of sp³-hybridized carbons (Fsp3) is 0.929. The molecular formula is C14H31Cl2N3O. The molecule has 0 spiro atoms. The van der Waals surface area contributed by atoms with E-state index in [1.165, 1.54) is 19.4 Å². The molecule has 6 heteroatoms. The van der Waals surface area contributed by atoms with Gasteiger partial charge in [0.1, 0.15) is 0 Å². The van der Waals surface area contributed by atoms with Gasteiger partial charge in [-0.2, -0.15) is 0 Å². The first-order chi connectivity index (χ1) is 8.76. The van der Waals surface area contributed by atoms with Crippen molar-refractivity contribution in [2.75, 3.05) is 33.2 Å². The Kier molecular flexibility index (Phi) is 15.5. The van der Waals surface area contributed by atoms with Crippen LogP contribution in [0, 0.1) is 0 Å². The first kappa shape index (κ1) is 22.3. The summed E-state index contributed by atoms with van der Waals surface area (Å²) in [6.07, 6.45) is 6.36. The number of hydrogen-bond acceptors (Lipinski definition) is 3. The molecule has 1 aliphatic heterocycles. The number of unbranched alkanes of at least 4 members (excludes halogenated alkanes) is 1. The van der Waals surface area contributed by atoms with Crippen molar-refractivity contribution in [3.63, 3.8) is 0 Å². The molecule has 1 amide bonds. The number of hydrogen-bond donors (Lipinski definition) is 2. The van der Waals surface area contributed by atoms with Crippen molar-refractivity contribution in [3.05, 3.63) is 0 Å². The Hall–Kier alpha value is -0.0300. The van der Waals surface area contributed by atoms with Gasteiger partial charge in [-0.3, -0.25) is 4.79 Å². The largest absolute Gasteiger partial charge is 0.353 e. The molecule has 2 N–H and O–H groups in total. The molecule has 0 aromatic rings. The zero-order valence-electron chi connectivity index (χ0n) is 12.8. The van der Waals surface area contributed by atoms with Gasteiger partial charge in [0.15, 0.2) is 0 Å². The molecule has 0 aromatic carbocycles. The highest BCUT2D eigenvalue weighted by Gasteiger charge is 2.19. The molecule has 0 saturated carbocycles. The Balaban J connectivity index is 0. The molecule has 1 saturated heterocycles. The standard InChI is InChI=1S/C14H29N3O.2ClH/c1-3-4-10-17-11-7-13(8-12-17)16-14(18)6-5-9-15-2;;/h13,15H,3-12H2,1-2H3,(H,16,18);2*1H. The lowest BCUT2D eigenvalue weighted by molar-refractivity contribution is -0.122. The highest BCUT2D eigenvalue weighted by atomic mass is 35.5. The number of rotatable bonds is 8. The maximum Gasteiger partial charge on any atom is 0.220 e. The molecule has 0 aromatic heterocycles. The molecule has 0 radical (unpaired) electrons. The number of nitrogens with zero attached hydrogens (tertiary/aromatic N) is 1.